The summed E-state index contributed by atoms with van der Waals surface area (Å²) in [6.45, 7) is 2.42. The van der Waals surface area contributed by atoms with Gasteiger partial charge in [-0.3, -0.25) is 14.7 Å². The molecule has 1 unspecified atom stereocenters. The van der Waals surface area contributed by atoms with Gasteiger partial charge in [-0.05, 0) is 12.8 Å². The number of amides is 2. The standard InChI is InChI=1S/C18H24F2N8O3/c1-10(29)22-8-13-9-27(18(30)31-13)12-6-14(19)16(15(20)7-12)26-4-2-11(3-5-26)28-17(21)23-24-25-28/h6-7,11,13,24-25H,2-5,8-9H2,1H3,(H2,21,23)(H,22,29). The molecule has 0 aliphatic carbocycles. The molecule has 3 aliphatic heterocycles. The largest absolute Gasteiger partial charge is 0.442 e. The third-order valence-corrected chi connectivity index (χ3v) is 5.50. The number of nitrogens with two attached hydrogens (primary N) is 1. The predicted molar refractivity (Wildman–Crippen MR) is 108 cm³/mol. The van der Waals surface area contributed by atoms with Gasteiger partial charge in [0.2, 0.25) is 11.9 Å². The number of cyclic esters (lactones) is 1. The molecule has 5 N–H and O–H groups in total. The van der Waals surface area contributed by atoms with E-state index in [1.54, 1.807) is 9.91 Å². The number of guanidine groups is 1. The average molecular weight is 438 g/mol. The summed E-state index contributed by atoms with van der Waals surface area (Å²) in [6.07, 6.45) is -0.0662. The highest BCUT2D eigenvalue weighted by molar-refractivity contribution is 5.90. The van der Waals surface area contributed by atoms with Gasteiger partial charge in [-0.1, -0.05) is 0 Å². The van der Waals surface area contributed by atoms with Gasteiger partial charge in [0.1, 0.15) is 11.8 Å². The molecule has 11 nitrogen and oxygen atoms in total. The van der Waals surface area contributed by atoms with Gasteiger partial charge in [0.05, 0.1) is 24.8 Å². The van der Waals surface area contributed by atoms with E-state index in [0.29, 0.717) is 31.9 Å². The number of hydrazine groups is 2. The van der Waals surface area contributed by atoms with Crippen molar-refractivity contribution < 1.29 is 23.1 Å². The highest BCUT2D eigenvalue weighted by Crippen LogP contribution is 2.32. The van der Waals surface area contributed by atoms with Crippen LogP contribution in [0.2, 0.25) is 0 Å². The Labute approximate surface area is 177 Å². The van der Waals surface area contributed by atoms with E-state index in [-0.39, 0.29) is 36.4 Å². The Morgan fingerprint density at radius 2 is 2.00 bits per heavy atom. The first-order chi connectivity index (χ1) is 14.8. The normalized spacial score (nSPS) is 21.8. The number of nitrogens with one attached hydrogen (secondary N) is 3. The second kappa shape index (κ2) is 8.41. The summed E-state index contributed by atoms with van der Waals surface area (Å²) in [6, 6.07) is 2.30. The minimum atomic E-state index is -0.756. The molecule has 0 spiro atoms. The van der Waals surface area contributed by atoms with Gasteiger partial charge in [-0.25, -0.2) is 19.1 Å². The fraction of sp³-hybridized carbons (Fsp3) is 0.500. The molecule has 31 heavy (non-hydrogen) atoms. The quantitative estimate of drug-likeness (QED) is 0.504. The highest BCUT2D eigenvalue weighted by atomic mass is 19.1. The van der Waals surface area contributed by atoms with Gasteiger partial charge in [0, 0.05) is 32.1 Å². The molecule has 168 valence electrons. The fourth-order valence-electron chi connectivity index (χ4n) is 3.98. The third-order valence-electron chi connectivity index (χ3n) is 5.50. The van der Waals surface area contributed by atoms with E-state index in [2.05, 4.69) is 21.5 Å². The topological polar surface area (TPSA) is 128 Å². The number of hydrogen-bond donors (Lipinski definition) is 4. The zero-order valence-corrected chi connectivity index (χ0v) is 16.9. The Bertz CT molecular complexity index is 883. The molecule has 0 saturated carbocycles. The summed E-state index contributed by atoms with van der Waals surface area (Å²) < 4.78 is 35.0. The Hall–Kier alpha value is -3.35. The predicted octanol–water partition coefficient (Wildman–Crippen LogP) is -0.0506. The lowest BCUT2D eigenvalue weighted by atomic mass is 10.0. The van der Waals surface area contributed by atoms with Crippen molar-refractivity contribution in [1.29, 1.82) is 0 Å². The highest BCUT2D eigenvalue weighted by Gasteiger charge is 2.35. The van der Waals surface area contributed by atoms with Crippen molar-refractivity contribution in [3.05, 3.63) is 23.8 Å². The maximum atomic E-state index is 14.9. The number of halogens is 2. The van der Waals surface area contributed by atoms with Crippen LogP contribution in [0.5, 0.6) is 0 Å². The van der Waals surface area contributed by atoms with E-state index >= 15 is 0 Å². The molecule has 1 atom stereocenters. The minimum absolute atomic E-state index is 0.0420. The number of nitrogens with zero attached hydrogens (tertiary/aromatic N) is 4. The molecule has 0 aromatic heterocycles. The Kier molecular flexibility index (Phi) is 5.67. The lowest BCUT2D eigenvalue weighted by molar-refractivity contribution is -0.119. The van der Waals surface area contributed by atoms with Crippen LogP contribution < -0.4 is 31.9 Å². The number of benzene rings is 1. The van der Waals surface area contributed by atoms with Crippen LogP contribution in [0.1, 0.15) is 19.8 Å². The van der Waals surface area contributed by atoms with Crippen LogP contribution in [0.15, 0.2) is 17.2 Å². The number of carbonyl (C=O) groups is 2. The van der Waals surface area contributed by atoms with Crippen molar-refractivity contribution in [2.45, 2.75) is 31.9 Å². The molecule has 2 fully saturated rings. The van der Waals surface area contributed by atoms with E-state index in [1.165, 1.54) is 6.92 Å². The number of ether oxygens (including phenoxy) is 1. The molecule has 3 aliphatic rings. The van der Waals surface area contributed by atoms with Crippen LogP contribution in [0.3, 0.4) is 0 Å². The molecular formula is C18H24F2N8O3. The lowest BCUT2D eigenvalue weighted by Gasteiger charge is -2.37. The summed E-state index contributed by atoms with van der Waals surface area (Å²) in [5.74, 6) is -1.46. The van der Waals surface area contributed by atoms with Crippen molar-refractivity contribution in [3.8, 4) is 0 Å². The van der Waals surface area contributed by atoms with Gasteiger partial charge in [-0.15, -0.1) is 10.6 Å². The Balaban J connectivity index is 1.43. The van der Waals surface area contributed by atoms with Gasteiger partial charge < -0.3 is 20.7 Å². The van der Waals surface area contributed by atoms with Crippen LogP contribution in [0.25, 0.3) is 0 Å². The first-order valence-corrected chi connectivity index (χ1v) is 9.93. The minimum Gasteiger partial charge on any atom is -0.442 e. The molecule has 13 heteroatoms. The molecule has 1 aromatic carbocycles. The molecule has 3 heterocycles. The number of carbonyl (C=O) groups excluding carboxylic acids is 2. The summed E-state index contributed by atoms with van der Waals surface area (Å²) in [5.41, 5.74) is 11.1. The monoisotopic (exact) mass is 438 g/mol. The summed E-state index contributed by atoms with van der Waals surface area (Å²) >= 11 is 0. The average Bonchev–Trinajstić information content (AvgIpc) is 3.31. The van der Waals surface area contributed by atoms with Gasteiger partial charge in [0.25, 0.3) is 0 Å². The number of piperidine rings is 1. The maximum Gasteiger partial charge on any atom is 0.414 e. The maximum absolute atomic E-state index is 14.9. The van der Waals surface area contributed by atoms with E-state index in [4.69, 9.17) is 10.5 Å². The molecule has 2 amide bonds. The SMILES string of the molecule is CC(=O)NCC1CN(c2cc(F)c(N3CCC(N4NNN=C4N)CC3)c(F)c2)C(=O)O1. The molecule has 2 saturated heterocycles. The first-order valence-electron chi connectivity index (χ1n) is 9.93. The fourth-order valence-corrected chi connectivity index (χ4v) is 3.98. The smallest absolute Gasteiger partial charge is 0.414 e. The molecule has 0 radical (unpaired) electrons. The lowest BCUT2D eigenvalue weighted by Crippen LogP contribution is -2.54. The summed E-state index contributed by atoms with van der Waals surface area (Å²) in [5, 5.41) is 8.09. The van der Waals surface area contributed by atoms with Crippen molar-refractivity contribution in [2.24, 2.45) is 10.8 Å². The molecular weight excluding hydrogens is 414 g/mol. The number of anilines is 2. The third kappa shape index (κ3) is 4.26. The Morgan fingerprint density at radius 3 is 2.58 bits per heavy atom. The molecule has 1 aromatic rings. The van der Waals surface area contributed by atoms with Crippen LogP contribution in [0.4, 0.5) is 25.0 Å². The van der Waals surface area contributed by atoms with Crippen molar-refractivity contribution in [3.63, 3.8) is 0 Å². The van der Waals surface area contributed by atoms with E-state index < -0.39 is 23.8 Å². The van der Waals surface area contributed by atoms with Crippen LogP contribution in [-0.4, -0.2) is 61.3 Å². The zero-order chi connectivity index (χ0) is 22.1. The van der Waals surface area contributed by atoms with E-state index in [0.717, 1.165) is 17.0 Å². The number of hydrazone groups is 1. The number of rotatable bonds is 5. The van der Waals surface area contributed by atoms with E-state index in [9.17, 15) is 18.4 Å². The summed E-state index contributed by atoms with van der Waals surface area (Å²) in [7, 11) is 0. The molecule has 4 rings (SSSR count). The Morgan fingerprint density at radius 1 is 1.32 bits per heavy atom. The first kappa shape index (κ1) is 20.9. The molecule has 0 bridgehead atoms. The van der Waals surface area contributed by atoms with Crippen LogP contribution >= 0.6 is 0 Å². The van der Waals surface area contributed by atoms with Crippen LogP contribution in [-0.2, 0) is 9.53 Å². The van der Waals surface area contributed by atoms with Crippen molar-refractivity contribution in [2.75, 3.05) is 36.0 Å². The number of hydrogen-bond acceptors (Lipinski definition) is 9. The van der Waals surface area contributed by atoms with Crippen molar-refractivity contribution >= 4 is 29.3 Å². The van der Waals surface area contributed by atoms with Crippen LogP contribution in [0, 0.1) is 11.6 Å². The second-order valence-electron chi connectivity index (χ2n) is 7.59. The van der Waals surface area contributed by atoms with Crippen molar-refractivity contribution in [1.82, 2.24) is 21.4 Å². The summed E-state index contributed by atoms with van der Waals surface area (Å²) in [4.78, 5) is 26.0. The van der Waals surface area contributed by atoms with Gasteiger partial charge >= 0.3 is 6.09 Å². The van der Waals surface area contributed by atoms with Gasteiger partial charge in [0.15, 0.2) is 11.6 Å². The van der Waals surface area contributed by atoms with E-state index in [1.807, 2.05) is 0 Å². The van der Waals surface area contributed by atoms with Gasteiger partial charge in [-0.2, -0.15) is 0 Å². The zero-order valence-electron chi connectivity index (χ0n) is 16.9. The second-order valence-corrected chi connectivity index (χ2v) is 7.59.